The van der Waals surface area contributed by atoms with Gasteiger partial charge in [-0.3, -0.25) is 9.59 Å². The molecule has 180 valence electrons. The molecule has 0 saturated heterocycles. The lowest BCUT2D eigenvalue weighted by Gasteiger charge is -2.29. The maximum Gasteiger partial charge on any atom is 0.261 e. The van der Waals surface area contributed by atoms with Gasteiger partial charge in [0, 0.05) is 13.1 Å². The van der Waals surface area contributed by atoms with E-state index in [1.165, 1.54) is 4.90 Å². The van der Waals surface area contributed by atoms with Crippen LogP contribution in [0.3, 0.4) is 0 Å². The molecule has 2 aromatic carbocycles. The number of ether oxygens (including phenoxy) is 1. The second kappa shape index (κ2) is 12.3. The summed E-state index contributed by atoms with van der Waals surface area (Å²) >= 11 is 12.2. The maximum absolute atomic E-state index is 13.3. The topological polar surface area (TPSA) is 58.6 Å². The van der Waals surface area contributed by atoms with Crippen molar-refractivity contribution in [2.75, 3.05) is 13.2 Å². The fourth-order valence-corrected chi connectivity index (χ4v) is 3.71. The van der Waals surface area contributed by atoms with Gasteiger partial charge in [0.15, 0.2) is 6.61 Å². The summed E-state index contributed by atoms with van der Waals surface area (Å²) in [6.07, 6.45) is 1.85. The van der Waals surface area contributed by atoms with Gasteiger partial charge in [0.25, 0.3) is 5.91 Å². The molecule has 0 unspecified atom stereocenters. The first-order valence-corrected chi connectivity index (χ1v) is 12.0. The zero-order valence-corrected chi connectivity index (χ0v) is 21.6. The normalized spacial score (nSPS) is 12.2. The van der Waals surface area contributed by atoms with E-state index in [1.807, 2.05) is 24.3 Å². The molecule has 0 spiro atoms. The lowest BCUT2D eigenvalue weighted by atomic mass is 9.86. The molecular weight excluding hydrogens is 459 g/mol. The molecule has 0 aliphatic carbocycles. The molecule has 2 aromatic rings. The number of benzene rings is 2. The second-order valence-corrected chi connectivity index (χ2v) is 9.94. The summed E-state index contributed by atoms with van der Waals surface area (Å²) in [5.41, 5.74) is 1.66. The Morgan fingerprint density at radius 2 is 1.79 bits per heavy atom. The van der Waals surface area contributed by atoms with Gasteiger partial charge in [-0.05, 0) is 48.1 Å². The Morgan fingerprint density at radius 3 is 2.42 bits per heavy atom. The first kappa shape index (κ1) is 27.0. The van der Waals surface area contributed by atoms with Crippen LogP contribution in [-0.2, 0) is 21.5 Å². The minimum atomic E-state index is -0.676. The van der Waals surface area contributed by atoms with E-state index in [2.05, 4.69) is 33.0 Å². The van der Waals surface area contributed by atoms with Crippen molar-refractivity contribution in [1.82, 2.24) is 10.2 Å². The van der Waals surface area contributed by atoms with E-state index < -0.39 is 6.04 Å². The largest absolute Gasteiger partial charge is 0.483 e. The third-order valence-electron chi connectivity index (χ3n) is 5.38. The molecule has 0 aliphatic heterocycles. The third-order valence-corrected chi connectivity index (χ3v) is 6.12. The zero-order valence-electron chi connectivity index (χ0n) is 20.1. The molecule has 1 N–H and O–H groups in total. The number of nitrogens with zero attached hydrogens (tertiary/aromatic N) is 1. The molecule has 0 saturated carbocycles. The summed E-state index contributed by atoms with van der Waals surface area (Å²) in [6, 6.07) is 12.2. The molecule has 0 radical (unpaired) electrons. The Morgan fingerprint density at radius 1 is 1.09 bits per heavy atom. The summed E-state index contributed by atoms with van der Waals surface area (Å²) < 4.78 is 5.95. The van der Waals surface area contributed by atoms with Crippen LogP contribution in [0.15, 0.2) is 42.5 Å². The van der Waals surface area contributed by atoms with Crippen LogP contribution in [0.1, 0.15) is 58.6 Å². The number of carbonyl (C=O) groups excluding carboxylic acids is 2. The Balaban J connectivity index is 2.22. The fraction of sp³-hybridized carbons (Fsp3) is 0.462. The van der Waals surface area contributed by atoms with Crippen LogP contribution in [0.25, 0.3) is 0 Å². The predicted molar refractivity (Wildman–Crippen MR) is 135 cm³/mol. The molecule has 0 heterocycles. The Bertz CT molecular complexity index is 957. The lowest BCUT2D eigenvalue weighted by molar-refractivity contribution is -0.142. The van der Waals surface area contributed by atoms with E-state index in [1.54, 1.807) is 25.1 Å². The van der Waals surface area contributed by atoms with E-state index in [-0.39, 0.29) is 30.4 Å². The number of hydrogen-bond donors (Lipinski definition) is 1. The van der Waals surface area contributed by atoms with Crippen molar-refractivity contribution < 1.29 is 14.3 Å². The molecule has 0 aliphatic rings. The van der Waals surface area contributed by atoms with Gasteiger partial charge in [-0.15, -0.1) is 0 Å². The van der Waals surface area contributed by atoms with Crippen molar-refractivity contribution in [2.24, 2.45) is 0 Å². The highest BCUT2D eigenvalue weighted by molar-refractivity contribution is 6.42. The number of amides is 2. The molecule has 33 heavy (non-hydrogen) atoms. The van der Waals surface area contributed by atoms with E-state index in [0.29, 0.717) is 22.3 Å². The highest BCUT2D eigenvalue weighted by Crippen LogP contribution is 2.31. The molecule has 2 amide bonds. The number of carbonyl (C=O) groups is 2. The third kappa shape index (κ3) is 7.94. The molecule has 0 fully saturated rings. The van der Waals surface area contributed by atoms with E-state index in [0.717, 1.165) is 24.0 Å². The van der Waals surface area contributed by atoms with Crippen molar-refractivity contribution >= 4 is 35.0 Å². The van der Waals surface area contributed by atoms with E-state index in [4.69, 9.17) is 27.9 Å². The van der Waals surface area contributed by atoms with Crippen molar-refractivity contribution in [2.45, 2.75) is 65.5 Å². The highest BCUT2D eigenvalue weighted by Gasteiger charge is 2.27. The van der Waals surface area contributed by atoms with Crippen LogP contribution < -0.4 is 10.1 Å². The first-order valence-electron chi connectivity index (χ1n) is 11.3. The summed E-state index contributed by atoms with van der Waals surface area (Å²) in [5.74, 6) is 0.169. The molecule has 5 nitrogen and oxygen atoms in total. The van der Waals surface area contributed by atoms with Gasteiger partial charge in [0.2, 0.25) is 5.91 Å². The summed E-state index contributed by atoms with van der Waals surface area (Å²) in [7, 11) is 0. The van der Waals surface area contributed by atoms with Gasteiger partial charge < -0.3 is 15.0 Å². The van der Waals surface area contributed by atoms with Gasteiger partial charge in [0.1, 0.15) is 11.8 Å². The van der Waals surface area contributed by atoms with Gasteiger partial charge in [0.05, 0.1) is 10.0 Å². The van der Waals surface area contributed by atoms with Crippen molar-refractivity contribution in [3.05, 3.63) is 63.6 Å². The molecule has 7 heteroatoms. The van der Waals surface area contributed by atoms with Gasteiger partial charge in [-0.25, -0.2) is 0 Å². The van der Waals surface area contributed by atoms with Crippen molar-refractivity contribution in [3.8, 4) is 5.75 Å². The van der Waals surface area contributed by atoms with E-state index >= 15 is 0 Å². The van der Waals surface area contributed by atoms with Crippen molar-refractivity contribution in [3.63, 3.8) is 0 Å². The number of rotatable bonds is 10. The molecule has 1 atom stereocenters. The lowest BCUT2D eigenvalue weighted by Crippen LogP contribution is -2.49. The monoisotopic (exact) mass is 492 g/mol. The average Bonchev–Trinajstić information content (AvgIpc) is 2.77. The summed E-state index contributed by atoms with van der Waals surface area (Å²) in [6.45, 7) is 10.7. The highest BCUT2D eigenvalue weighted by atomic mass is 35.5. The van der Waals surface area contributed by atoms with Crippen LogP contribution in [0.5, 0.6) is 5.75 Å². The number of halogens is 2. The number of unbranched alkanes of at least 4 members (excludes halogenated alkanes) is 1. The Labute approximate surface area is 207 Å². The zero-order chi connectivity index (χ0) is 24.6. The van der Waals surface area contributed by atoms with Crippen molar-refractivity contribution in [1.29, 1.82) is 0 Å². The molecule has 0 aromatic heterocycles. The predicted octanol–water partition coefficient (Wildman–Crippen LogP) is 6.00. The summed E-state index contributed by atoms with van der Waals surface area (Å²) in [4.78, 5) is 27.5. The van der Waals surface area contributed by atoms with Crippen LogP contribution in [0, 0.1) is 0 Å². The number of para-hydroxylation sites is 1. The summed E-state index contributed by atoms with van der Waals surface area (Å²) in [5, 5.41) is 3.74. The standard InChI is InChI=1S/C26H34Cl2N2O3/c1-6-7-14-29-25(32)18(2)30(16-19-12-13-21(27)22(28)15-19)24(31)17-33-23-11-9-8-10-20(23)26(3,4)5/h8-13,15,18H,6-7,14,16-17H2,1-5H3,(H,29,32)/t18-/m1/s1. The average molecular weight is 493 g/mol. The fourth-order valence-electron chi connectivity index (χ4n) is 3.39. The van der Waals surface area contributed by atoms with E-state index in [9.17, 15) is 9.59 Å². The quantitative estimate of drug-likeness (QED) is 0.413. The maximum atomic E-state index is 13.3. The number of nitrogens with one attached hydrogen (secondary N) is 1. The van der Waals surface area contributed by atoms with Gasteiger partial charge >= 0.3 is 0 Å². The smallest absolute Gasteiger partial charge is 0.261 e. The minimum Gasteiger partial charge on any atom is -0.483 e. The van der Waals surface area contributed by atoms with Gasteiger partial charge in [-0.2, -0.15) is 0 Å². The molecule has 2 rings (SSSR count). The Hall–Kier alpha value is -2.24. The molecule has 0 bridgehead atoms. The molecular formula is C26H34Cl2N2O3. The Kier molecular flexibility index (Phi) is 10.1. The van der Waals surface area contributed by atoms with Gasteiger partial charge in [-0.1, -0.05) is 81.6 Å². The van der Waals surface area contributed by atoms with Crippen LogP contribution in [-0.4, -0.2) is 35.9 Å². The minimum absolute atomic E-state index is 0.133. The SMILES string of the molecule is CCCCNC(=O)[C@@H](C)N(Cc1ccc(Cl)c(Cl)c1)C(=O)COc1ccccc1C(C)(C)C. The first-order chi connectivity index (χ1) is 15.5. The second-order valence-electron chi connectivity index (χ2n) is 9.13. The van der Waals surface area contributed by atoms with Crippen LogP contribution in [0.2, 0.25) is 10.0 Å². The number of hydrogen-bond acceptors (Lipinski definition) is 3. The van der Waals surface area contributed by atoms with Crippen LogP contribution in [0.4, 0.5) is 0 Å². The van der Waals surface area contributed by atoms with Crippen LogP contribution >= 0.6 is 23.2 Å².